The summed E-state index contributed by atoms with van der Waals surface area (Å²) >= 11 is 0. The normalized spacial score (nSPS) is 24.6. The summed E-state index contributed by atoms with van der Waals surface area (Å²) < 4.78 is 0. The fraction of sp³-hybridized carbons (Fsp3) is 0.455. The molecule has 0 spiro atoms. The highest BCUT2D eigenvalue weighted by molar-refractivity contribution is 5.85. The van der Waals surface area contributed by atoms with E-state index < -0.39 is 0 Å². The summed E-state index contributed by atoms with van der Waals surface area (Å²) in [7, 11) is 4.38. The summed E-state index contributed by atoms with van der Waals surface area (Å²) in [5, 5.41) is 10.7. The first kappa shape index (κ1) is 20.0. The maximum Gasteiger partial charge on any atom is 0.0608 e. The van der Waals surface area contributed by atoms with Gasteiger partial charge in [0.2, 0.25) is 0 Å². The number of hydrogen-bond donors (Lipinski definition) is 1. The highest BCUT2D eigenvalue weighted by atomic mass is 35.5. The minimum atomic E-state index is -0.233. The molecule has 1 N–H and O–H groups in total. The minimum Gasteiger partial charge on any atom is -0.392 e. The molecule has 0 saturated heterocycles. The first-order valence-electron chi connectivity index (χ1n) is 9.07. The number of benzene rings is 2. The zero-order valence-corrected chi connectivity index (χ0v) is 16.1. The Hall–Kier alpha value is -1.35. The van der Waals surface area contributed by atoms with Crippen LogP contribution in [0.25, 0.3) is 0 Å². The van der Waals surface area contributed by atoms with E-state index in [0.29, 0.717) is 5.92 Å². The Labute approximate surface area is 158 Å². The van der Waals surface area contributed by atoms with Gasteiger partial charge in [-0.25, -0.2) is 0 Å². The molecule has 0 heterocycles. The molecular weight excluding hydrogens is 330 g/mol. The van der Waals surface area contributed by atoms with E-state index in [9.17, 15) is 5.11 Å². The molecule has 0 bridgehead atoms. The highest BCUT2D eigenvalue weighted by Crippen LogP contribution is 2.44. The van der Waals surface area contributed by atoms with Crippen LogP contribution in [-0.4, -0.2) is 30.2 Å². The maximum absolute atomic E-state index is 10.7. The van der Waals surface area contributed by atoms with Crippen molar-refractivity contribution in [3.63, 3.8) is 0 Å². The molecule has 136 valence electrons. The summed E-state index contributed by atoms with van der Waals surface area (Å²) in [5.41, 5.74) is 2.76. The predicted octanol–water partition coefficient (Wildman–Crippen LogP) is 4.66. The first-order chi connectivity index (χ1) is 11.6. The Bertz CT molecular complexity index is 621. The zero-order chi connectivity index (χ0) is 17.0. The Morgan fingerprint density at radius 1 is 0.960 bits per heavy atom. The predicted molar refractivity (Wildman–Crippen MR) is 107 cm³/mol. The molecule has 1 fully saturated rings. The topological polar surface area (TPSA) is 23.5 Å². The van der Waals surface area contributed by atoms with Gasteiger partial charge in [-0.3, -0.25) is 4.90 Å². The van der Waals surface area contributed by atoms with Crippen LogP contribution in [0.5, 0.6) is 0 Å². The van der Waals surface area contributed by atoms with Crippen molar-refractivity contribution in [1.29, 1.82) is 0 Å². The van der Waals surface area contributed by atoms with Crippen molar-refractivity contribution in [3.05, 3.63) is 71.8 Å². The van der Waals surface area contributed by atoms with Crippen molar-refractivity contribution in [1.82, 2.24) is 4.90 Å². The van der Waals surface area contributed by atoms with Gasteiger partial charge in [0.1, 0.15) is 0 Å². The van der Waals surface area contributed by atoms with Gasteiger partial charge in [-0.05, 0) is 63.2 Å². The Morgan fingerprint density at radius 3 is 2.00 bits per heavy atom. The van der Waals surface area contributed by atoms with Crippen LogP contribution in [0.4, 0.5) is 0 Å². The third-order valence-electron chi connectivity index (χ3n) is 5.86. The Morgan fingerprint density at radius 2 is 1.48 bits per heavy atom. The third-order valence-corrected chi connectivity index (χ3v) is 5.86. The molecule has 1 aliphatic rings. The number of nitrogens with zero attached hydrogens (tertiary/aromatic N) is 1. The van der Waals surface area contributed by atoms with E-state index in [1.165, 1.54) is 11.1 Å². The molecule has 0 amide bonds. The van der Waals surface area contributed by atoms with Gasteiger partial charge in [-0.2, -0.15) is 0 Å². The molecular formula is C22H30ClNO. The third kappa shape index (κ3) is 4.44. The average Bonchev–Trinajstić information content (AvgIpc) is 2.63. The molecule has 2 nitrogen and oxygen atoms in total. The van der Waals surface area contributed by atoms with E-state index in [-0.39, 0.29) is 24.0 Å². The van der Waals surface area contributed by atoms with E-state index in [4.69, 9.17) is 0 Å². The fourth-order valence-electron chi connectivity index (χ4n) is 4.27. The summed E-state index contributed by atoms with van der Waals surface area (Å²) in [6, 6.07) is 21.2. The van der Waals surface area contributed by atoms with E-state index in [1.807, 2.05) is 6.07 Å². The van der Waals surface area contributed by atoms with Gasteiger partial charge in [0.25, 0.3) is 0 Å². The molecule has 1 atom stereocenters. The van der Waals surface area contributed by atoms with Crippen molar-refractivity contribution in [2.45, 2.75) is 43.7 Å². The second-order valence-electron chi connectivity index (χ2n) is 7.39. The van der Waals surface area contributed by atoms with Gasteiger partial charge in [0, 0.05) is 5.54 Å². The van der Waals surface area contributed by atoms with Gasteiger partial charge in [-0.15, -0.1) is 12.4 Å². The molecule has 25 heavy (non-hydrogen) atoms. The lowest BCUT2D eigenvalue weighted by Gasteiger charge is -2.46. The molecule has 2 aromatic carbocycles. The fourth-order valence-corrected chi connectivity index (χ4v) is 4.27. The molecule has 1 saturated carbocycles. The molecule has 0 radical (unpaired) electrons. The minimum absolute atomic E-state index is 0. The van der Waals surface area contributed by atoms with E-state index in [0.717, 1.165) is 32.1 Å². The highest BCUT2D eigenvalue weighted by Gasteiger charge is 2.40. The average molecular weight is 360 g/mol. The molecule has 1 aliphatic carbocycles. The van der Waals surface area contributed by atoms with E-state index >= 15 is 0 Å². The van der Waals surface area contributed by atoms with Crippen molar-refractivity contribution in [3.8, 4) is 0 Å². The van der Waals surface area contributed by atoms with Gasteiger partial charge in [-0.1, -0.05) is 60.7 Å². The Kier molecular flexibility index (Phi) is 7.06. The van der Waals surface area contributed by atoms with Crippen LogP contribution in [-0.2, 0) is 12.0 Å². The molecule has 0 aromatic heterocycles. The SMILES string of the molecule is CN(C)C1(c2ccccc2)CCC(C(O)Cc2ccccc2)CC1.Cl. The summed E-state index contributed by atoms with van der Waals surface area (Å²) in [4.78, 5) is 2.38. The maximum atomic E-state index is 10.7. The number of hydrogen-bond acceptors (Lipinski definition) is 2. The summed E-state index contributed by atoms with van der Waals surface area (Å²) in [6.07, 6.45) is 4.93. The quantitative estimate of drug-likeness (QED) is 0.839. The van der Waals surface area contributed by atoms with Crippen molar-refractivity contribution in [2.75, 3.05) is 14.1 Å². The van der Waals surface area contributed by atoms with Gasteiger partial charge < -0.3 is 5.11 Å². The smallest absolute Gasteiger partial charge is 0.0608 e. The van der Waals surface area contributed by atoms with Gasteiger partial charge in [0.15, 0.2) is 0 Å². The van der Waals surface area contributed by atoms with Crippen molar-refractivity contribution in [2.24, 2.45) is 5.92 Å². The van der Waals surface area contributed by atoms with E-state index in [1.54, 1.807) is 0 Å². The standard InChI is InChI=1S/C22H29NO.ClH/c1-23(2)22(20-11-7-4-8-12-20)15-13-19(14-16-22)21(24)17-18-9-5-3-6-10-18;/h3-12,19,21,24H,13-17H2,1-2H3;1H. The number of rotatable bonds is 5. The Balaban J connectivity index is 0.00000225. The number of halogens is 1. The summed E-state index contributed by atoms with van der Waals surface area (Å²) in [6.45, 7) is 0. The van der Waals surface area contributed by atoms with Crippen LogP contribution in [0.15, 0.2) is 60.7 Å². The molecule has 1 unspecified atom stereocenters. The first-order valence-corrected chi connectivity index (χ1v) is 9.07. The second kappa shape index (κ2) is 8.84. The largest absolute Gasteiger partial charge is 0.392 e. The monoisotopic (exact) mass is 359 g/mol. The molecule has 3 heteroatoms. The van der Waals surface area contributed by atoms with Crippen LogP contribution >= 0.6 is 12.4 Å². The van der Waals surface area contributed by atoms with Crippen molar-refractivity contribution >= 4 is 12.4 Å². The van der Waals surface area contributed by atoms with Crippen LogP contribution in [0.1, 0.15) is 36.8 Å². The van der Waals surface area contributed by atoms with Gasteiger partial charge >= 0.3 is 0 Å². The summed E-state index contributed by atoms with van der Waals surface area (Å²) in [5.74, 6) is 0.405. The lowest BCUT2D eigenvalue weighted by molar-refractivity contribution is 0.0237. The molecule has 3 rings (SSSR count). The van der Waals surface area contributed by atoms with Crippen LogP contribution < -0.4 is 0 Å². The van der Waals surface area contributed by atoms with Crippen molar-refractivity contribution < 1.29 is 5.11 Å². The number of aliphatic hydroxyl groups is 1. The van der Waals surface area contributed by atoms with E-state index in [2.05, 4.69) is 73.6 Å². The lowest BCUT2D eigenvalue weighted by Crippen LogP contribution is -2.45. The molecule has 0 aliphatic heterocycles. The molecule has 2 aromatic rings. The lowest BCUT2D eigenvalue weighted by atomic mass is 9.70. The second-order valence-corrected chi connectivity index (χ2v) is 7.39. The van der Waals surface area contributed by atoms with Crippen LogP contribution in [0.3, 0.4) is 0 Å². The number of aliphatic hydroxyl groups excluding tert-OH is 1. The van der Waals surface area contributed by atoms with Gasteiger partial charge in [0.05, 0.1) is 6.10 Å². The van der Waals surface area contributed by atoms with Crippen LogP contribution in [0, 0.1) is 5.92 Å². The van der Waals surface area contributed by atoms with Crippen LogP contribution in [0.2, 0.25) is 0 Å². The zero-order valence-electron chi connectivity index (χ0n) is 15.3.